The van der Waals surface area contributed by atoms with Crippen molar-refractivity contribution in [3.63, 3.8) is 0 Å². The fourth-order valence-electron chi connectivity index (χ4n) is 3.51. The van der Waals surface area contributed by atoms with Crippen molar-refractivity contribution in [1.29, 1.82) is 0 Å². The Morgan fingerprint density at radius 2 is 1.68 bits per heavy atom. The van der Waals surface area contributed by atoms with E-state index in [0.717, 1.165) is 37.6 Å². The fraction of sp³-hybridized carbons (Fsp3) is 0.611. The molecule has 7 heteroatoms. The number of ether oxygens (including phenoxy) is 3. The van der Waals surface area contributed by atoms with Crippen LogP contribution in [0, 0.1) is 5.41 Å². The van der Waals surface area contributed by atoms with Crippen molar-refractivity contribution in [2.24, 2.45) is 5.41 Å². The fourth-order valence-corrected chi connectivity index (χ4v) is 3.51. The van der Waals surface area contributed by atoms with Crippen LogP contribution in [0.15, 0.2) is 12.1 Å². The Bertz CT molecular complexity index is 670. The molecule has 1 aromatic rings. The minimum atomic E-state index is -0.459. The summed E-state index contributed by atoms with van der Waals surface area (Å²) in [7, 11) is 3.23. The number of nitrogen functional groups attached to an aromatic ring is 1. The number of methoxy groups -OCH3 is 2. The van der Waals surface area contributed by atoms with Gasteiger partial charge in [-0.15, -0.1) is 0 Å². The molecule has 2 heterocycles. The highest BCUT2D eigenvalue weighted by Crippen LogP contribution is 2.46. The zero-order chi connectivity index (χ0) is 18.4. The summed E-state index contributed by atoms with van der Waals surface area (Å²) in [5, 5.41) is 0. The number of hydrogen-bond donors (Lipinski definition) is 1. The normalized spacial score (nSPS) is 18.4. The highest BCUT2D eigenvalue weighted by atomic mass is 16.6. The second-order valence-electron chi connectivity index (χ2n) is 7.96. The molecule has 0 radical (unpaired) electrons. The van der Waals surface area contributed by atoms with Gasteiger partial charge in [-0.05, 0) is 20.8 Å². The minimum absolute atomic E-state index is 0.149. The van der Waals surface area contributed by atoms with Crippen molar-refractivity contribution in [2.45, 2.75) is 26.4 Å². The number of hydrogen-bond acceptors (Lipinski definition) is 6. The summed E-state index contributed by atoms with van der Waals surface area (Å²) in [4.78, 5) is 16.1. The van der Waals surface area contributed by atoms with Gasteiger partial charge in [-0.2, -0.15) is 0 Å². The molecule has 0 bridgehead atoms. The van der Waals surface area contributed by atoms with Crippen molar-refractivity contribution >= 4 is 17.5 Å². The molecule has 0 unspecified atom stereocenters. The summed E-state index contributed by atoms with van der Waals surface area (Å²) in [5.41, 5.74) is 7.16. The lowest BCUT2D eigenvalue weighted by atomic mass is 9.72. The maximum atomic E-state index is 12.1. The van der Waals surface area contributed by atoms with Gasteiger partial charge in [0, 0.05) is 43.7 Å². The number of benzene rings is 1. The number of rotatable bonds is 3. The van der Waals surface area contributed by atoms with Gasteiger partial charge in [0.2, 0.25) is 0 Å². The van der Waals surface area contributed by atoms with E-state index < -0.39 is 5.60 Å². The van der Waals surface area contributed by atoms with Crippen LogP contribution >= 0.6 is 0 Å². The Balaban J connectivity index is 1.62. The molecular formula is C18H27N3O4. The van der Waals surface area contributed by atoms with E-state index in [-0.39, 0.29) is 11.5 Å². The summed E-state index contributed by atoms with van der Waals surface area (Å²) in [6.45, 7) is 8.84. The van der Waals surface area contributed by atoms with Crippen molar-refractivity contribution in [3.8, 4) is 11.5 Å². The Hall–Kier alpha value is -2.31. The standard InChI is InChI=1S/C18H27N3O4/c1-17(2,3)25-16(22)21-10-18(11-21)8-20(9-18)13-7-14(23-4)12(19)6-15(13)24-5/h6-7H,8-11,19H2,1-5H3. The van der Waals surface area contributed by atoms with Gasteiger partial charge in [0.1, 0.15) is 17.1 Å². The molecule has 0 aromatic heterocycles. The lowest BCUT2D eigenvalue weighted by molar-refractivity contribution is -0.0453. The maximum Gasteiger partial charge on any atom is 0.410 e. The topological polar surface area (TPSA) is 77.3 Å². The second kappa shape index (κ2) is 5.89. The monoisotopic (exact) mass is 349 g/mol. The molecule has 2 saturated heterocycles. The summed E-state index contributed by atoms with van der Waals surface area (Å²) in [5.74, 6) is 1.37. The van der Waals surface area contributed by atoms with Gasteiger partial charge in [0.15, 0.2) is 0 Å². The van der Waals surface area contributed by atoms with Crippen LogP contribution in [0.1, 0.15) is 20.8 Å². The quantitative estimate of drug-likeness (QED) is 0.844. The molecule has 1 amide bonds. The molecule has 2 fully saturated rings. The molecule has 2 N–H and O–H groups in total. The number of nitrogens with two attached hydrogens (primary N) is 1. The van der Waals surface area contributed by atoms with Gasteiger partial charge < -0.3 is 29.7 Å². The predicted molar refractivity (Wildman–Crippen MR) is 96.4 cm³/mol. The van der Waals surface area contributed by atoms with E-state index in [9.17, 15) is 4.79 Å². The van der Waals surface area contributed by atoms with Gasteiger partial charge in [-0.25, -0.2) is 4.79 Å². The van der Waals surface area contributed by atoms with E-state index in [1.807, 2.05) is 26.8 Å². The Morgan fingerprint density at radius 3 is 2.20 bits per heavy atom. The first-order chi connectivity index (χ1) is 11.7. The molecule has 3 rings (SSSR count). The van der Waals surface area contributed by atoms with Crippen LogP contribution in [-0.4, -0.2) is 57.0 Å². The first-order valence-corrected chi connectivity index (χ1v) is 8.41. The van der Waals surface area contributed by atoms with Gasteiger partial charge in [0.25, 0.3) is 0 Å². The molecule has 0 saturated carbocycles. The zero-order valence-electron chi connectivity index (χ0n) is 15.6. The third kappa shape index (κ3) is 3.27. The maximum absolute atomic E-state index is 12.1. The Morgan fingerprint density at radius 1 is 1.08 bits per heavy atom. The molecule has 7 nitrogen and oxygen atoms in total. The summed E-state index contributed by atoms with van der Waals surface area (Å²) in [6, 6.07) is 3.69. The van der Waals surface area contributed by atoms with Crippen LogP contribution in [0.4, 0.5) is 16.2 Å². The molecular weight excluding hydrogens is 322 g/mol. The molecule has 25 heavy (non-hydrogen) atoms. The average Bonchev–Trinajstić information content (AvgIpc) is 2.43. The molecule has 2 aliphatic rings. The highest BCUT2D eigenvalue weighted by Gasteiger charge is 2.54. The zero-order valence-corrected chi connectivity index (χ0v) is 15.6. The highest BCUT2D eigenvalue weighted by molar-refractivity contribution is 5.73. The number of carbonyl (C=O) groups is 1. The van der Waals surface area contributed by atoms with Gasteiger partial charge in [-0.3, -0.25) is 0 Å². The molecule has 138 valence electrons. The number of carbonyl (C=O) groups excluding carboxylic acids is 1. The van der Waals surface area contributed by atoms with Crippen LogP contribution in [0.2, 0.25) is 0 Å². The third-order valence-corrected chi connectivity index (χ3v) is 4.63. The van der Waals surface area contributed by atoms with E-state index in [2.05, 4.69) is 4.90 Å². The largest absolute Gasteiger partial charge is 0.495 e. The third-order valence-electron chi connectivity index (χ3n) is 4.63. The van der Waals surface area contributed by atoms with Gasteiger partial charge in [0.05, 0.1) is 25.6 Å². The molecule has 1 aromatic carbocycles. The number of anilines is 2. The SMILES string of the molecule is COc1cc(N2CC3(CN(C(=O)OC(C)(C)C)C3)C2)c(OC)cc1N. The van der Waals surface area contributed by atoms with Crippen molar-refractivity contribution in [1.82, 2.24) is 4.90 Å². The average molecular weight is 349 g/mol. The summed E-state index contributed by atoms with van der Waals surface area (Å²) < 4.78 is 16.2. The van der Waals surface area contributed by atoms with E-state index in [0.29, 0.717) is 11.4 Å². The second-order valence-corrected chi connectivity index (χ2v) is 7.96. The van der Waals surface area contributed by atoms with E-state index in [4.69, 9.17) is 19.9 Å². The van der Waals surface area contributed by atoms with E-state index in [1.165, 1.54) is 0 Å². The summed E-state index contributed by atoms with van der Waals surface area (Å²) >= 11 is 0. The molecule has 0 aliphatic carbocycles. The molecule has 1 spiro atoms. The van der Waals surface area contributed by atoms with Crippen LogP contribution in [0.5, 0.6) is 11.5 Å². The van der Waals surface area contributed by atoms with Crippen LogP contribution in [0.25, 0.3) is 0 Å². The van der Waals surface area contributed by atoms with Crippen molar-refractivity contribution < 1.29 is 19.0 Å². The van der Waals surface area contributed by atoms with Crippen molar-refractivity contribution in [2.75, 3.05) is 51.0 Å². The Kier molecular flexibility index (Phi) is 4.13. The first-order valence-electron chi connectivity index (χ1n) is 8.41. The number of amides is 1. The molecule has 0 atom stereocenters. The minimum Gasteiger partial charge on any atom is -0.495 e. The lowest BCUT2D eigenvalue weighted by Gasteiger charge is -2.60. The van der Waals surface area contributed by atoms with Crippen LogP contribution in [-0.2, 0) is 4.74 Å². The first kappa shape index (κ1) is 17.5. The molecule has 2 aliphatic heterocycles. The van der Waals surface area contributed by atoms with Gasteiger partial charge >= 0.3 is 6.09 Å². The number of nitrogens with zero attached hydrogens (tertiary/aromatic N) is 2. The van der Waals surface area contributed by atoms with Crippen molar-refractivity contribution in [3.05, 3.63) is 12.1 Å². The van der Waals surface area contributed by atoms with Crippen LogP contribution in [0.3, 0.4) is 0 Å². The Labute approximate surface area is 148 Å². The predicted octanol–water partition coefficient (Wildman–Crippen LogP) is 2.34. The van der Waals surface area contributed by atoms with Gasteiger partial charge in [-0.1, -0.05) is 0 Å². The number of likely N-dealkylation sites (tertiary alicyclic amines) is 1. The smallest absolute Gasteiger partial charge is 0.410 e. The van der Waals surface area contributed by atoms with E-state index in [1.54, 1.807) is 25.2 Å². The lowest BCUT2D eigenvalue weighted by Crippen LogP contribution is -2.73. The summed E-state index contributed by atoms with van der Waals surface area (Å²) in [6.07, 6.45) is -0.233. The van der Waals surface area contributed by atoms with E-state index >= 15 is 0 Å². The van der Waals surface area contributed by atoms with Crippen LogP contribution < -0.4 is 20.1 Å².